The minimum Gasteiger partial charge on any atom is -0.310 e. The van der Waals surface area contributed by atoms with E-state index in [9.17, 15) is 13.2 Å². The molecular formula is C20H24N2O3S. The van der Waals surface area contributed by atoms with E-state index in [0.29, 0.717) is 12.2 Å². The Hall–Kier alpha value is -2.34. The lowest BCUT2D eigenvalue weighted by atomic mass is 10.1. The lowest BCUT2D eigenvalue weighted by molar-refractivity contribution is -0.117. The fourth-order valence-electron chi connectivity index (χ4n) is 3.73. The van der Waals surface area contributed by atoms with Crippen molar-refractivity contribution in [3.63, 3.8) is 0 Å². The maximum atomic E-state index is 12.9. The van der Waals surface area contributed by atoms with E-state index >= 15 is 0 Å². The van der Waals surface area contributed by atoms with Gasteiger partial charge in [0.25, 0.3) is 0 Å². The summed E-state index contributed by atoms with van der Waals surface area (Å²) in [7, 11) is -3.59. The molecule has 0 fully saturated rings. The number of hydrogen-bond donors (Lipinski definition) is 0. The van der Waals surface area contributed by atoms with Gasteiger partial charge in [-0.2, -0.15) is 0 Å². The standard InChI is InChI=1S/C20H24N2O3S/c1-14-11-15(2)20(16(3)12-14)22(26(4,24)25)13-19(23)21-10-9-17-7-5-6-8-18(17)21/h5-8,11-12H,9-10,13H2,1-4H3. The Morgan fingerprint density at radius 3 is 2.35 bits per heavy atom. The van der Waals surface area contributed by atoms with Gasteiger partial charge in [-0.25, -0.2) is 8.42 Å². The average molecular weight is 372 g/mol. The number of benzene rings is 2. The van der Waals surface area contributed by atoms with Crippen molar-refractivity contribution in [2.45, 2.75) is 27.2 Å². The maximum absolute atomic E-state index is 12.9. The summed E-state index contributed by atoms with van der Waals surface area (Å²) in [6.45, 7) is 6.12. The van der Waals surface area contributed by atoms with Crippen LogP contribution < -0.4 is 9.21 Å². The monoisotopic (exact) mass is 372 g/mol. The fourth-order valence-corrected chi connectivity index (χ4v) is 4.70. The summed E-state index contributed by atoms with van der Waals surface area (Å²) in [5.74, 6) is -0.209. The first-order valence-electron chi connectivity index (χ1n) is 8.62. The number of aryl methyl sites for hydroxylation is 3. The van der Waals surface area contributed by atoms with Crippen molar-refractivity contribution in [3.05, 3.63) is 58.7 Å². The van der Waals surface area contributed by atoms with Gasteiger partial charge in [-0.05, 0) is 49.9 Å². The normalized spacial score (nSPS) is 13.6. The molecule has 0 atom stereocenters. The molecule has 0 unspecified atom stereocenters. The molecule has 0 spiro atoms. The zero-order valence-electron chi connectivity index (χ0n) is 15.6. The smallest absolute Gasteiger partial charge is 0.247 e. The second-order valence-electron chi connectivity index (χ2n) is 6.94. The SMILES string of the molecule is Cc1cc(C)c(N(CC(=O)N2CCc3ccccc32)S(C)(=O)=O)c(C)c1. The van der Waals surface area contributed by atoms with E-state index in [2.05, 4.69) is 0 Å². The molecule has 6 heteroatoms. The topological polar surface area (TPSA) is 57.7 Å². The van der Waals surface area contributed by atoms with Crippen molar-refractivity contribution in [2.24, 2.45) is 0 Å². The summed E-state index contributed by atoms with van der Waals surface area (Å²) in [5, 5.41) is 0. The highest BCUT2D eigenvalue weighted by Gasteiger charge is 2.29. The number of carbonyl (C=O) groups excluding carboxylic acids is 1. The second kappa shape index (κ2) is 6.76. The fraction of sp³-hybridized carbons (Fsp3) is 0.350. The molecule has 2 aromatic rings. The Kier molecular flexibility index (Phi) is 4.80. The molecule has 0 N–H and O–H groups in total. The summed E-state index contributed by atoms with van der Waals surface area (Å²) >= 11 is 0. The Bertz CT molecular complexity index is 944. The molecule has 1 amide bonds. The van der Waals surface area contributed by atoms with Crippen LogP contribution in [0.5, 0.6) is 0 Å². The number of nitrogens with zero attached hydrogens (tertiary/aromatic N) is 2. The van der Waals surface area contributed by atoms with E-state index < -0.39 is 10.0 Å². The number of para-hydroxylation sites is 1. The molecule has 0 aliphatic carbocycles. The molecule has 1 aliphatic rings. The largest absolute Gasteiger partial charge is 0.310 e. The molecule has 138 valence electrons. The average Bonchev–Trinajstić information content (AvgIpc) is 2.96. The summed E-state index contributed by atoms with van der Waals surface area (Å²) in [6, 6.07) is 11.6. The van der Waals surface area contributed by atoms with Crippen LogP contribution in [-0.4, -0.2) is 33.7 Å². The van der Waals surface area contributed by atoms with Crippen LogP contribution in [0.3, 0.4) is 0 Å². The van der Waals surface area contributed by atoms with Crippen LogP contribution in [0.2, 0.25) is 0 Å². The number of amides is 1. The van der Waals surface area contributed by atoms with Crippen molar-refractivity contribution in [3.8, 4) is 0 Å². The third-order valence-corrected chi connectivity index (χ3v) is 5.86. The first kappa shape index (κ1) is 18.5. The molecule has 0 aromatic heterocycles. The zero-order valence-corrected chi connectivity index (χ0v) is 16.4. The number of hydrogen-bond acceptors (Lipinski definition) is 3. The first-order valence-corrected chi connectivity index (χ1v) is 10.5. The summed E-state index contributed by atoms with van der Waals surface area (Å²) in [5.41, 5.74) is 5.36. The van der Waals surface area contributed by atoms with Crippen LogP contribution in [-0.2, 0) is 21.2 Å². The van der Waals surface area contributed by atoms with Crippen molar-refractivity contribution in [1.82, 2.24) is 0 Å². The number of anilines is 2. The van der Waals surface area contributed by atoms with Gasteiger partial charge in [-0.15, -0.1) is 0 Å². The molecule has 0 saturated heterocycles. The summed E-state index contributed by atoms with van der Waals surface area (Å²) in [4.78, 5) is 14.6. The Morgan fingerprint density at radius 1 is 1.12 bits per heavy atom. The van der Waals surface area contributed by atoms with Crippen molar-refractivity contribution in [1.29, 1.82) is 0 Å². The Balaban J connectivity index is 1.96. The molecule has 26 heavy (non-hydrogen) atoms. The lowest BCUT2D eigenvalue weighted by Gasteiger charge is -2.28. The molecular weight excluding hydrogens is 348 g/mol. The van der Waals surface area contributed by atoms with Crippen LogP contribution >= 0.6 is 0 Å². The summed E-state index contributed by atoms with van der Waals surface area (Å²) in [6.07, 6.45) is 1.94. The van der Waals surface area contributed by atoms with Gasteiger partial charge >= 0.3 is 0 Å². The van der Waals surface area contributed by atoms with Gasteiger partial charge in [0.15, 0.2) is 0 Å². The van der Waals surface area contributed by atoms with Gasteiger partial charge in [0.2, 0.25) is 15.9 Å². The molecule has 0 radical (unpaired) electrons. The zero-order chi connectivity index (χ0) is 19.1. The minimum atomic E-state index is -3.59. The molecule has 2 aromatic carbocycles. The molecule has 1 aliphatic heterocycles. The van der Waals surface area contributed by atoms with Crippen LogP contribution in [0, 0.1) is 20.8 Å². The second-order valence-corrected chi connectivity index (χ2v) is 8.85. The predicted octanol–water partition coefficient (Wildman–Crippen LogP) is 2.97. The van der Waals surface area contributed by atoms with Gasteiger partial charge in [-0.1, -0.05) is 35.9 Å². The summed E-state index contributed by atoms with van der Waals surface area (Å²) < 4.78 is 26.2. The van der Waals surface area contributed by atoms with Gasteiger partial charge < -0.3 is 4.90 Å². The van der Waals surface area contributed by atoms with E-state index in [0.717, 1.165) is 40.6 Å². The van der Waals surface area contributed by atoms with E-state index in [1.807, 2.05) is 57.2 Å². The molecule has 5 nitrogen and oxygen atoms in total. The molecule has 0 bridgehead atoms. The van der Waals surface area contributed by atoms with Crippen molar-refractivity contribution < 1.29 is 13.2 Å². The quantitative estimate of drug-likeness (QED) is 0.829. The van der Waals surface area contributed by atoms with E-state index in [1.54, 1.807) is 4.90 Å². The van der Waals surface area contributed by atoms with Crippen molar-refractivity contribution >= 4 is 27.3 Å². The molecule has 0 saturated carbocycles. The van der Waals surface area contributed by atoms with Crippen LogP contribution in [0.15, 0.2) is 36.4 Å². The number of rotatable bonds is 4. The van der Waals surface area contributed by atoms with Crippen LogP contribution in [0.1, 0.15) is 22.3 Å². The van der Waals surface area contributed by atoms with E-state index in [1.165, 1.54) is 4.31 Å². The maximum Gasteiger partial charge on any atom is 0.247 e. The van der Waals surface area contributed by atoms with Gasteiger partial charge in [-0.3, -0.25) is 9.10 Å². The van der Waals surface area contributed by atoms with Crippen LogP contribution in [0.25, 0.3) is 0 Å². The number of fused-ring (bicyclic) bond motifs is 1. The first-order chi connectivity index (χ1) is 12.2. The van der Waals surface area contributed by atoms with Crippen LogP contribution in [0.4, 0.5) is 11.4 Å². The Labute approximate surface area is 155 Å². The van der Waals surface area contributed by atoms with Gasteiger partial charge in [0.05, 0.1) is 11.9 Å². The molecule has 3 rings (SSSR count). The highest BCUT2D eigenvalue weighted by atomic mass is 32.2. The lowest BCUT2D eigenvalue weighted by Crippen LogP contribution is -2.42. The minimum absolute atomic E-state index is 0.197. The predicted molar refractivity (Wildman–Crippen MR) is 105 cm³/mol. The number of sulfonamides is 1. The van der Waals surface area contributed by atoms with Crippen molar-refractivity contribution in [2.75, 3.05) is 28.6 Å². The highest BCUT2D eigenvalue weighted by Crippen LogP contribution is 2.31. The third-order valence-electron chi connectivity index (χ3n) is 4.75. The number of carbonyl (C=O) groups is 1. The van der Waals surface area contributed by atoms with E-state index in [-0.39, 0.29) is 12.5 Å². The third kappa shape index (κ3) is 3.46. The Morgan fingerprint density at radius 2 is 1.73 bits per heavy atom. The van der Waals surface area contributed by atoms with Gasteiger partial charge in [0, 0.05) is 12.2 Å². The van der Waals surface area contributed by atoms with Gasteiger partial charge in [0.1, 0.15) is 6.54 Å². The van der Waals surface area contributed by atoms with E-state index in [4.69, 9.17) is 0 Å². The molecule has 1 heterocycles. The highest BCUT2D eigenvalue weighted by molar-refractivity contribution is 7.92.